The zero-order valence-electron chi connectivity index (χ0n) is 16.6. The van der Waals surface area contributed by atoms with E-state index < -0.39 is 12.4 Å². The zero-order valence-corrected chi connectivity index (χ0v) is 18.2. The van der Waals surface area contributed by atoms with Gasteiger partial charge < -0.3 is 15.0 Å². The number of nitrogens with zero attached hydrogens (tertiary/aromatic N) is 2. The lowest BCUT2D eigenvalue weighted by Gasteiger charge is -2.22. The number of amides is 2. The number of hydrogen-bond donors (Lipinski definition) is 1. The third-order valence-corrected chi connectivity index (χ3v) is 6.64. The number of rotatable bonds is 6. The average molecular weight is 482 g/mol. The molecule has 1 atom stereocenters. The van der Waals surface area contributed by atoms with E-state index in [1.165, 1.54) is 34.8 Å². The van der Waals surface area contributed by atoms with Crippen LogP contribution in [-0.2, 0) is 11.2 Å². The molecule has 11 heteroatoms. The minimum absolute atomic E-state index is 0.143. The molecule has 2 amide bonds. The molecule has 32 heavy (non-hydrogen) atoms. The van der Waals surface area contributed by atoms with Crippen LogP contribution in [0.5, 0.6) is 5.75 Å². The van der Waals surface area contributed by atoms with Gasteiger partial charge in [-0.2, -0.15) is 0 Å². The van der Waals surface area contributed by atoms with Gasteiger partial charge in [-0.25, -0.2) is 4.98 Å². The van der Waals surface area contributed by atoms with Crippen molar-refractivity contribution in [2.24, 2.45) is 0 Å². The average Bonchev–Trinajstić information content (AvgIpc) is 3.50. The summed E-state index contributed by atoms with van der Waals surface area (Å²) in [7, 11) is 0. The Balaban J connectivity index is 1.35. The summed E-state index contributed by atoms with van der Waals surface area (Å²) in [6.07, 6.45) is -1.31. The number of anilines is 1. The quantitative estimate of drug-likeness (QED) is 0.542. The number of carbonyl (C=O) groups is 2. The highest BCUT2D eigenvalue weighted by Gasteiger charge is 2.35. The number of halogens is 3. The molecule has 1 aliphatic rings. The summed E-state index contributed by atoms with van der Waals surface area (Å²) >= 11 is 2.63. The lowest BCUT2D eigenvalue weighted by atomic mass is 10.1. The fraction of sp³-hybridized carbons (Fsp3) is 0.286. The lowest BCUT2D eigenvalue weighted by Crippen LogP contribution is -2.42. The fourth-order valence-corrected chi connectivity index (χ4v) is 5.00. The van der Waals surface area contributed by atoms with Crippen LogP contribution in [0.15, 0.2) is 48.0 Å². The Bertz CT molecular complexity index is 1080. The van der Waals surface area contributed by atoms with Crippen molar-refractivity contribution in [2.75, 3.05) is 11.9 Å². The van der Waals surface area contributed by atoms with Crippen molar-refractivity contribution in [3.05, 3.63) is 63.3 Å². The first kappa shape index (κ1) is 22.3. The topological polar surface area (TPSA) is 71.5 Å². The highest BCUT2D eigenvalue weighted by Crippen LogP contribution is 2.27. The first-order valence-corrected chi connectivity index (χ1v) is 11.4. The summed E-state index contributed by atoms with van der Waals surface area (Å²) in [4.78, 5) is 32.7. The standard InChI is InChI=1S/C21H18F3N3O3S2/c22-21(23,24)30-14-7-5-13(6-8-14)11-15-12-25-20(32-15)26-18(28)16-3-1-9-27(16)19(29)17-4-2-10-31-17/h2,4-8,10,12,16H,1,3,9,11H2,(H,25,26,28)/t16-/m0/s1. The van der Waals surface area contributed by atoms with Crippen molar-refractivity contribution in [3.63, 3.8) is 0 Å². The molecule has 0 saturated carbocycles. The molecule has 0 unspecified atom stereocenters. The number of benzene rings is 1. The molecule has 4 rings (SSSR count). The number of nitrogens with one attached hydrogen (secondary N) is 1. The van der Waals surface area contributed by atoms with E-state index in [2.05, 4.69) is 15.0 Å². The van der Waals surface area contributed by atoms with Crippen LogP contribution in [0.1, 0.15) is 33.0 Å². The number of likely N-dealkylation sites (tertiary alicyclic amines) is 1. The van der Waals surface area contributed by atoms with Gasteiger partial charge in [-0.05, 0) is 42.0 Å². The molecule has 3 heterocycles. The third kappa shape index (κ3) is 5.46. The molecule has 0 bridgehead atoms. The summed E-state index contributed by atoms with van der Waals surface area (Å²) in [6, 6.07) is 8.61. The smallest absolute Gasteiger partial charge is 0.406 e. The second-order valence-corrected chi connectivity index (χ2v) is 9.19. The Hall–Kier alpha value is -2.92. The highest BCUT2D eigenvalue weighted by atomic mass is 32.1. The SMILES string of the molecule is O=C(Nc1ncc(Cc2ccc(OC(F)(F)F)cc2)s1)[C@@H]1CCCN1C(=O)c1cccs1. The van der Waals surface area contributed by atoms with Crippen molar-refractivity contribution in [1.82, 2.24) is 9.88 Å². The van der Waals surface area contributed by atoms with Gasteiger partial charge in [0, 0.05) is 24.0 Å². The summed E-state index contributed by atoms with van der Waals surface area (Å²) in [5.74, 6) is -0.700. The molecule has 0 radical (unpaired) electrons. The maximum absolute atomic E-state index is 12.8. The van der Waals surface area contributed by atoms with Gasteiger partial charge in [0.2, 0.25) is 5.91 Å². The second-order valence-electron chi connectivity index (χ2n) is 7.12. The Morgan fingerprint density at radius 2 is 2.00 bits per heavy atom. The van der Waals surface area contributed by atoms with Crippen LogP contribution in [-0.4, -0.2) is 40.6 Å². The molecule has 3 aromatic rings. The van der Waals surface area contributed by atoms with Crippen molar-refractivity contribution < 1.29 is 27.5 Å². The number of thiophene rings is 1. The Morgan fingerprint density at radius 1 is 1.22 bits per heavy atom. The molecule has 1 saturated heterocycles. The summed E-state index contributed by atoms with van der Waals surface area (Å²) in [5.41, 5.74) is 0.782. The monoisotopic (exact) mass is 481 g/mol. The first-order valence-electron chi connectivity index (χ1n) is 9.73. The van der Waals surface area contributed by atoms with E-state index in [1.54, 1.807) is 35.4 Å². The van der Waals surface area contributed by atoms with E-state index in [1.807, 2.05) is 5.38 Å². The maximum Gasteiger partial charge on any atom is 0.573 e. The van der Waals surface area contributed by atoms with E-state index in [0.717, 1.165) is 16.9 Å². The molecular formula is C21H18F3N3O3S2. The van der Waals surface area contributed by atoms with Gasteiger partial charge in [0.15, 0.2) is 5.13 Å². The second kappa shape index (κ2) is 9.29. The molecule has 1 N–H and O–H groups in total. The number of ether oxygens (including phenoxy) is 1. The number of alkyl halides is 3. The van der Waals surface area contributed by atoms with Crippen molar-refractivity contribution in [1.29, 1.82) is 0 Å². The predicted octanol–water partition coefficient (Wildman–Crippen LogP) is 4.94. The molecule has 2 aromatic heterocycles. The highest BCUT2D eigenvalue weighted by molar-refractivity contribution is 7.15. The molecule has 0 aliphatic carbocycles. The van der Waals surface area contributed by atoms with E-state index in [4.69, 9.17) is 0 Å². The zero-order chi connectivity index (χ0) is 22.7. The van der Waals surface area contributed by atoms with Gasteiger partial charge in [-0.1, -0.05) is 18.2 Å². The Labute approximate surface area is 189 Å². The van der Waals surface area contributed by atoms with E-state index in [0.29, 0.717) is 29.4 Å². The van der Waals surface area contributed by atoms with E-state index >= 15 is 0 Å². The van der Waals surface area contributed by atoms with Crippen LogP contribution < -0.4 is 10.1 Å². The molecule has 0 spiro atoms. The Kier molecular flexibility index (Phi) is 6.47. The summed E-state index contributed by atoms with van der Waals surface area (Å²) in [6.45, 7) is 0.534. The number of aromatic nitrogens is 1. The van der Waals surface area contributed by atoms with Crippen LogP contribution in [0.4, 0.5) is 18.3 Å². The molecule has 1 aromatic carbocycles. The van der Waals surface area contributed by atoms with Gasteiger partial charge in [-0.15, -0.1) is 35.8 Å². The van der Waals surface area contributed by atoms with Gasteiger partial charge in [0.05, 0.1) is 4.88 Å². The fourth-order valence-electron chi connectivity index (χ4n) is 3.47. The van der Waals surface area contributed by atoms with Crippen molar-refractivity contribution in [2.45, 2.75) is 31.7 Å². The van der Waals surface area contributed by atoms with Crippen LogP contribution in [0.25, 0.3) is 0 Å². The minimum Gasteiger partial charge on any atom is -0.406 e. The number of carbonyl (C=O) groups excluding carboxylic acids is 2. The van der Waals surface area contributed by atoms with Crippen LogP contribution in [0, 0.1) is 0 Å². The van der Waals surface area contributed by atoms with Crippen molar-refractivity contribution in [3.8, 4) is 5.75 Å². The van der Waals surface area contributed by atoms with Crippen molar-refractivity contribution >= 4 is 39.6 Å². The molecule has 168 valence electrons. The van der Waals surface area contributed by atoms with E-state index in [-0.39, 0.29) is 17.6 Å². The summed E-state index contributed by atoms with van der Waals surface area (Å²) in [5, 5.41) is 5.03. The van der Waals surface area contributed by atoms with Gasteiger partial charge >= 0.3 is 6.36 Å². The number of thiazole rings is 1. The number of hydrogen-bond acceptors (Lipinski definition) is 6. The Morgan fingerprint density at radius 3 is 2.69 bits per heavy atom. The van der Waals surface area contributed by atoms with Crippen LogP contribution in [0.3, 0.4) is 0 Å². The third-order valence-electron chi connectivity index (χ3n) is 4.87. The van der Waals surface area contributed by atoms with Gasteiger partial charge in [0.1, 0.15) is 11.8 Å². The largest absolute Gasteiger partial charge is 0.573 e. The maximum atomic E-state index is 12.8. The van der Waals surface area contributed by atoms with E-state index in [9.17, 15) is 22.8 Å². The molecule has 6 nitrogen and oxygen atoms in total. The first-order chi connectivity index (χ1) is 15.3. The molecule has 1 aliphatic heterocycles. The van der Waals surface area contributed by atoms with Gasteiger partial charge in [0.25, 0.3) is 5.91 Å². The van der Waals surface area contributed by atoms with Crippen LogP contribution in [0.2, 0.25) is 0 Å². The molecular weight excluding hydrogens is 463 g/mol. The van der Waals surface area contributed by atoms with Gasteiger partial charge in [-0.3, -0.25) is 9.59 Å². The van der Waals surface area contributed by atoms with Crippen LogP contribution >= 0.6 is 22.7 Å². The lowest BCUT2D eigenvalue weighted by molar-refractivity contribution is -0.274. The normalized spacial score (nSPS) is 16.2. The minimum atomic E-state index is -4.73. The predicted molar refractivity (Wildman–Crippen MR) is 115 cm³/mol. The molecule has 1 fully saturated rings. The summed E-state index contributed by atoms with van der Waals surface area (Å²) < 4.78 is 40.7.